The molecule has 1 aliphatic heterocycles. The Balaban J connectivity index is 1.56. The van der Waals surface area contributed by atoms with Crippen LogP contribution in [0.4, 0.5) is 10.1 Å². The molecule has 110 valence electrons. The van der Waals surface area contributed by atoms with Gasteiger partial charge in [0.25, 0.3) is 0 Å². The normalized spacial score (nSPS) is 16.1. The summed E-state index contributed by atoms with van der Waals surface area (Å²) >= 11 is 0. The van der Waals surface area contributed by atoms with E-state index in [9.17, 15) is 9.18 Å². The van der Waals surface area contributed by atoms with E-state index in [2.05, 4.69) is 9.88 Å². The first kappa shape index (κ1) is 13.8. The molecule has 2 aromatic rings. The maximum absolute atomic E-state index is 13.8. The first-order valence-electron chi connectivity index (χ1n) is 7.12. The number of rotatable bonds is 4. The molecule has 0 saturated carbocycles. The Labute approximate surface area is 123 Å². The highest BCUT2D eigenvalue weighted by Crippen LogP contribution is 2.20. The molecular weight excluding hydrogens is 269 g/mol. The second kappa shape index (κ2) is 6.10. The van der Waals surface area contributed by atoms with Crippen LogP contribution in [0.2, 0.25) is 0 Å². The van der Waals surface area contributed by atoms with E-state index >= 15 is 0 Å². The van der Waals surface area contributed by atoms with E-state index in [0.717, 1.165) is 26.2 Å². The summed E-state index contributed by atoms with van der Waals surface area (Å²) in [6, 6.07) is 10.4. The molecule has 0 amide bonds. The zero-order chi connectivity index (χ0) is 14.7. The van der Waals surface area contributed by atoms with Gasteiger partial charge in [0, 0.05) is 32.4 Å². The standard InChI is InChI=1S/C16H18FN3O/c17-13-4-1-2-6-15(13)20-10-8-19(9-11-20)12-16(21)14-5-3-7-18-14/h1-7,18H,8-12H2. The number of nitrogens with zero attached hydrogens (tertiary/aromatic N) is 2. The lowest BCUT2D eigenvalue weighted by Gasteiger charge is -2.35. The van der Waals surface area contributed by atoms with Crippen LogP contribution in [0.1, 0.15) is 10.5 Å². The van der Waals surface area contributed by atoms with Gasteiger partial charge in [0.1, 0.15) is 5.82 Å². The van der Waals surface area contributed by atoms with Gasteiger partial charge >= 0.3 is 0 Å². The molecule has 4 nitrogen and oxygen atoms in total. The number of halogens is 1. The van der Waals surface area contributed by atoms with Crippen LogP contribution in [0.5, 0.6) is 0 Å². The summed E-state index contributed by atoms with van der Waals surface area (Å²) in [5.74, 6) is -0.0900. The highest BCUT2D eigenvalue weighted by molar-refractivity contribution is 5.95. The lowest BCUT2D eigenvalue weighted by molar-refractivity contribution is 0.0922. The summed E-state index contributed by atoms with van der Waals surface area (Å²) in [7, 11) is 0. The molecule has 1 N–H and O–H groups in total. The van der Waals surface area contributed by atoms with Gasteiger partial charge in [0.2, 0.25) is 0 Å². The zero-order valence-electron chi connectivity index (χ0n) is 11.8. The average molecular weight is 287 g/mol. The first-order valence-corrected chi connectivity index (χ1v) is 7.12. The first-order chi connectivity index (χ1) is 10.2. The molecule has 1 saturated heterocycles. The van der Waals surface area contributed by atoms with Crippen LogP contribution in [0.3, 0.4) is 0 Å². The molecule has 2 heterocycles. The fourth-order valence-corrected chi connectivity index (χ4v) is 2.65. The molecule has 1 fully saturated rings. The monoisotopic (exact) mass is 287 g/mol. The minimum absolute atomic E-state index is 0.0966. The van der Waals surface area contributed by atoms with Crippen LogP contribution >= 0.6 is 0 Å². The second-order valence-corrected chi connectivity index (χ2v) is 5.22. The topological polar surface area (TPSA) is 39.3 Å². The van der Waals surface area contributed by atoms with Gasteiger partial charge in [-0.25, -0.2) is 4.39 Å². The highest BCUT2D eigenvalue weighted by atomic mass is 19.1. The van der Waals surface area contributed by atoms with E-state index in [-0.39, 0.29) is 11.6 Å². The van der Waals surface area contributed by atoms with Crippen molar-refractivity contribution in [1.82, 2.24) is 9.88 Å². The number of hydrogen-bond donors (Lipinski definition) is 1. The molecule has 1 aliphatic rings. The van der Waals surface area contributed by atoms with E-state index in [1.54, 1.807) is 24.4 Å². The zero-order valence-corrected chi connectivity index (χ0v) is 11.8. The molecule has 1 aromatic heterocycles. The van der Waals surface area contributed by atoms with Gasteiger partial charge in [-0.1, -0.05) is 12.1 Å². The molecule has 0 aliphatic carbocycles. The summed E-state index contributed by atoms with van der Waals surface area (Å²) in [5, 5.41) is 0. The summed E-state index contributed by atoms with van der Waals surface area (Å²) in [6.07, 6.45) is 1.75. The number of aromatic amines is 1. The van der Waals surface area contributed by atoms with Crippen molar-refractivity contribution in [2.75, 3.05) is 37.6 Å². The van der Waals surface area contributed by atoms with Crippen LogP contribution in [0, 0.1) is 5.82 Å². The van der Waals surface area contributed by atoms with Crippen molar-refractivity contribution in [3.63, 3.8) is 0 Å². The minimum Gasteiger partial charge on any atom is -0.367 e. The van der Waals surface area contributed by atoms with Crippen molar-refractivity contribution in [2.24, 2.45) is 0 Å². The minimum atomic E-state index is -0.187. The van der Waals surface area contributed by atoms with Crippen LogP contribution in [-0.4, -0.2) is 48.4 Å². The van der Waals surface area contributed by atoms with Gasteiger partial charge in [-0.3, -0.25) is 9.69 Å². The number of carbonyl (C=O) groups is 1. The number of Topliss-reactive ketones (excluding diaryl/α,β-unsaturated/α-hetero) is 1. The van der Waals surface area contributed by atoms with E-state index in [0.29, 0.717) is 17.9 Å². The fourth-order valence-electron chi connectivity index (χ4n) is 2.65. The van der Waals surface area contributed by atoms with Crippen LogP contribution in [0.25, 0.3) is 0 Å². The Morgan fingerprint density at radius 3 is 2.52 bits per heavy atom. The second-order valence-electron chi connectivity index (χ2n) is 5.22. The van der Waals surface area contributed by atoms with Crippen LogP contribution < -0.4 is 4.90 Å². The van der Waals surface area contributed by atoms with Crippen molar-refractivity contribution in [3.8, 4) is 0 Å². The fraction of sp³-hybridized carbons (Fsp3) is 0.312. The SMILES string of the molecule is O=C(CN1CCN(c2ccccc2F)CC1)c1ccc[nH]1. The molecule has 5 heteroatoms. The maximum atomic E-state index is 13.8. The van der Waals surface area contributed by atoms with Crippen molar-refractivity contribution in [3.05, 3.63) is 54.1 Å². The summed E-state index contributed by atoms with van der Waals surface area (Å²) in [6.45, 7) is 3.41. The van der Waals surface area contributed by atoms with Gasteiger partial charge in [-0.15, -0.1) is 0 Å². The molecule has 3 rings (SSSR count). The Hall–Kier alpha value is -2.14. The number of benzene rings is 1. The number of para-hydroxylation sites is 1. The van der Waals surface area contributed by atoms with E-state index in [4.69, 9.17) is 0 Å². The summed E-state index contributed by atoms with van der Waals surface area (Å²) in [5.41, 5.74) is 1.29. The molecule has 0 bridgehead atoms. The van der Waals surface area contributed by atoms with Gasteiger partial charge in [0.15, 0.2) is 5.78 Å². The van der Waals surface area contributed by atoms with Crippen molar-refractivity contribution in [2.45, 2.75) is 0 Å². The molecule has 0 radical (unpaired) electrons. The summed E-state index contributed by atoms with van der Waals surface area (Å²) < 4.78 is 13.8. The van der Waals surface area contributed by atoms with E-state index in [1.807, 2.05) is 17.0 Å². The van der Waals surface area contributed by atoms with Crippen molar-refractivity contribution >= 4 is 11.5 Å². The predicted molar refractivity (Wildman–Crippen MR) is 80.2 cm³/mol. The number of piperazine rings is 1. The number of H-pyrrole nitrogens is 1. The molecule has 0 spiro atoms. The number of aromatic nitrogens is 1. The quantitative estimate of drug-likeness (QED) is 0.876. The van der Waals surface area contributed by atoms with Crippen LogP contribution in [0.15, 0.2) is 42.6 Å². The maximum Gasteiger partial charge on any atom is 0.192 e. The molecule has 0 atom stereocenters. The Bertz CT molecular complexity index is 604. The van der Waals surface area contributed by atoms with Crippen LogP contribution in [-0.2, 0) is 0 Å². The van der Waals surface area contributed by atoms with Gasteiger partial charge in [-0.05, 0) is 24.3 Å². The van der Waals surface area contributed by atoms with Gasteiger partial charge in [-0.2, -0.15) is 0 Å². The Kier molecular flexibility index (Phi) is 4.01. The largest absolute Gasteiger partial charge is 0.367 e. The third kappa shape index (κ3) is 3.13. The van der Waals surface area contributed by atoms with Gasteiger partial charge < -0.3 is 9.88 Å². The molecular formula is C16H18FN3O. The lowest BCUT2D eigenvalue weighted by Crippen LogP contribution is -2.48. The molecule has 0 unspecified atom stereocenters. The van der Waals surface area contributed by atoms with E-state index < -0.39 is 0 Å². The lowest BCUT2D eigenvalue weighted by atomic mass is 10.2. The molecule has 1 aromatic carbocycles. The Morgan fingerprint density at radius 2 is 1.86 bits per heavy atom. The van der Waals surface area contributed by atoms with Gasteiger partial charge in [0.05, 0.1) is 17.9 Å². The third-order valence-electron chi connectivity index (χ3n) is 3.83. The average Bonchev–Trinajstić information content (AvgIpc) is 3.03. The molecule has 21 heavy (non-hydrogen) atoms. The number of carbonyl (C=O) groups excluding carboxylic acids is 1. The number of hydrogen-bond acceptors (Lipinski definition) is 3. The predicted octanol–water partition coefficient (Wildman–Crippen LogP) is 2.16. The third-order valence-corrected chi connectivity index (χ3v) is 3.83. The highest BCUT2D eigenvalue weighted by Gasteiger charge is 2.21. The van der Waals surface area contributed by atoms with Crippen molar-refractivity contribution in [1.29, 1.82) is 0 Å². The smallest absolute Gasteiger partial charge is 0.192 e. The Morgan fingerprint density at radius 1 is 1.10 bits per heavy atom. The number of anilines is 1. The summed E-state index contributed by atoms with van der Waals surface area (Å²) in [4.78, 5) is 19.1. The number of ketones is 1. The van der Waals surface area contributed by atoms with Crippen molar-refractivity contribution < 1.29 is 9.18 Å². The number of nitrogens with one attached hydrogen (secondary N) is 1. The van der Waals surface area contributed by atoms with E-state index in [1.165, 1.54) is 6.07 Å².